The highest BCUT2D eigenvalue weighted by Gasteiger charge is 2.09. The first-order valence-corrected chi connectivity index (χ1v) is 9.56. The molecule has 8 heteroatoms. The monoisotopic (exact) mass is 398 g/mol. The molecule has 30 heavy (non-hydrogen) atoms. The molecular weight excluding hydrogens is 380 g/mol. The number of carbonyl (C=O) groups excluding carboxylic acids is 1. The first-order valence-electron chi connectivity index (χ1n) is 9.56. The van der Waals surface area contributed by atoms with E-state index in [-0.39, 0.29) is 6.03 Å². The molecule has 0 aliphatic carbocycles. The van der Waals surface area contributed by atoms with Crippen LogP contribution in [0.5, 0.6) is 0 Å². The predicted octanol–water partition coefficient (Wildman–Crippen LogP) is 4.81. The second kappa shape index (κ2) is 7.32. The van der Waals surface area contributed by atoms with E-state index in [1.807, 2.05) is 49.4 Å². The Hall–Kier alpha value is -4.20. The fourth-order valence-corrected chi connectivity index (χ4v) is 3.30. The summed E-state index contributed by atoms with van der Waals surface area (Å²) in [7, 11) is 0. The summed E-state index contributed by atoms with van der Waals surface area (Å²) in [5.41, 5.74) is 3.61. The lowest BCUT2D eigenvalue weighted by molar-refractivity contribution is 0.252. The molecule has 5 rings (SSSR count). The van der Waals surface area contributed by atoms with E-state index in [4.69, 9.17) is 4.42 Å². The molecular formula is C22H18N6O2. The number of furan rings is 1. The molecule has 0 fully saturated rings. The zero-order valence-electron chi connectivity index (χ0n) is 16.1. The number of anilines is 3. The quantitative estimate of drug-likeness (QED) is 0.401. The maximum Gasteiger partial charge on any atom is 0.320 e. The highest BCUT2D eigenvalue weighted by Crippen LogP contribution is 2.31. The molecule has 0 saturated heterocycles. The summed E-state index contributed by atoms with van der Waals surface area (Å²) in [4.78, 5) is 25.0. The third kappa shape index (κ3) is 3.35. The highest BCUT2D eigenvalue weighted by atomic mass is 16.3. The van der Waals surface area contributed by atoms with Gasteiger partial charge in [-0.25, -0.2) is 19.7 Å². The summed E-state index contributed by atoms with van der Waals surface area (Å²) in [5.74, 6) is 0.962. The lowest BCUT2D eigenvalue weighted by Crippen LogP contribution is -2.28. The van der Waals surface area contributed by atoms with Gasteiger partial charge in [0, 0.05) is 23.0 Å². The van der Waals surface area contributed by atoms with E-state index < -0.39 is 0 Å². The van der Waals surface area contributed by atoms with Gasteiger partial charge in [0.05, 0.1) is 6.20 Å². The topological polar surface area (TPSA) is 105 Å². The van der Waals surface area contributed by atoms with Crippen LogP contribution in [-0.2, 0) is 0 Å². The number of nitrogens with one attached hydrogen (secondary N) is 3. The first kappa shape index (κ1) is 17.9. The van der Waals surface area contributed by atoms with Crippen LogP contribution in [0.1, 0.15) is 6.92 Å². The number of rotatable bonds is 4. The number of urea groups is 1. The van der Waals surface area contributed by atoms with Crippen molar-refractivity contribution in [3.8, 4) is 0 Å². The number of para-hydroxylation sites is 1. The van der Waals surface area contributed by atoms with Gasteiger partial charge in [0.1, 0.15) is 22.5 Å². The standard InChI is InChI=1S/C22H18N6O2/c1-2-23-22(29)28-19-10-8-16-21(26-19)27-20(12-24-16)25-13-7-9-18-15(11-13)14-5-3-4-6-17(14)30-18/h3-12H,2H2,1H3,(H3,23,25,26,27,28,29). The van der Waals surface area contributed by atoms with Crippen LogP contribution < -0.4 is 16.0 Å². The van der Waals surface area contributed by atoms with Crippen molar-refractivity contribution in [2.45, 2.75) is 6.92 Å². The van der Waals surface area contributed by atoms with Crippen molar-refractivity contribution >= 4 is 56.5 Å². The van der Waals surface area contributed by atoms with Crippen LogP contribution in [0, 0.1) is 0 Å². The number of benzene rings is 2. The van der Waals surface area contributed by atoms with Crippen LogP contribution in [0.3, 0.4) is 0 Å². The molecule has 3 heterocycles. The molecule has 0 aliphatic rings. The van der Waals surface area contributed by atoms with Crippen LogP contribution in [0.4, 0.5) is 22.1 Å². The highest BCUT2D eigenvalue weighted by molar-refractivity contribution is 6.06. The van der Waals surface area contributed by atoms with E-state index >= 15 is 0 Å². The zero-order valence-corrected chi connectivity index (χ0v) is 16.1. The molecule has 0 spiro atoms. The van der Waals surface area contributed by atoms with Crippen molar-refractivity contribution in [3.63, 3.8) is 0 Å². The van der Waals surface area contributed by atoms with Crippen molar-refractivity contribution in [1.82, 2.24) is 20.3 Å². The van der Waals surface area contributed by atoms with Crippen molar-refractivity contribution in [2.24, 2.45) is 0 Å². The van der Waals surface area contributed by atoms with Gasteiger partial charge >= 0.3 is 6.03 Å². The van der Waals surface area contributed by atoms with Crippen molar-refractivity contribution in [2.75, 3.05) is 17.2 Å². The average Bonchev–Trinajstić information content (AvgIpc) is 3.12. The maximum absolute atomic E-state index is 11.7. The van der Waals surface area contributed by atoms with E-state index in [1.165, 1.54) is 0 Å². The SMILES string of the molecule is CCNC(=O)Nc1ccc2ncc(Nc3ccc4oc5ccccc5c4c3)nc2n1. The fourth-order valence-electron chi connectivity index (χ4n) is 3.30. The van der Waals surface area contributed by atoms with Gasteiger partial charge in [-0.3, -0.25) is 5.32 Å². The van der Waals surface area contributed by atoms with Gasteiger partial charge < -0.3 is 15.1 Å². The summed E-state index contributed by atoms with van der Waals surface area (Å²) < 4.78 is 5.87. The third-order valence-electron chi connectivity index (χ3n) is 4.63. The first-order chi connectivity index (χ1) is 14.7. The lowest BCUT2D eigenvalue weighted by Gasteiger charge is -2.08. The molecule has 5 aromatic rings. The fraction of sp³-hybridized carbons (Fsp3) is 0.0909. The van der Waals surface area contributed by atoms with Crippen LogP contribution >= 0.6 is 0 Å². The number of nitrogens with zero attached hydrogens (tertiary/aromatic N) is 3. The summed E-state index contributed by atoms with van der Waals surface area (Å²) in [6.07, 6.45) is 1.65. The molecule has 8 nitrogen and oxygen atoms in total. The van der Waals surface area contributed by atoms with Gasteiger partial charge in [-0.1, -0.05) is 18.2 Å². The van der Waals surface area contributed by atoms with Crippen LogP contribution in [0.25, 0.3) is 33.1 Å². The van der Waals surface area contributed by atoms with E-state index in [9.17, 15) is 4.79 Å². The number of carbonyl (C=O) groups is 1. The Morgan fingerprint density at radius 1 is 0.967 bits per heavy atom. The normalized spacial score (nSPS) is 11.1. The second-order valence-corrected chi connectivity index (χ2v) is 6.71. The van der Waals surface area contributed by atoms with E-state index in [0.29, 0.717) is 29.3 Å². The summed E-state index contributed by atoms with van der Waals surface area (Å²) in [5, 5.41) is 10.7. The van der Waals surface area contributed by atoms with Gasteiger partial charge in [-0.15, -0.1) is 0 Å². The number of hydrogen-bond donors (Lipinski definition) is 3. The molecule has 0 saturated carbocycles. The van der Waals surface area contributed by atoms with Gasteiger partial charge in [-0.2, -0.15) is 0 Å². The number of aromatic nitrogens is 3. The second-order valence-electron chi connectivity index (χ2n) is 6.71. The van der Waals surface area contributed by atoms with E-state index in [0.717, 1.165) is 27.6 Å². The summed E-state index contributed by atoms with van der Waals surface area (Å²) in [6.45, 7) is 2.38. The minimum atomic E-state index is -0.313. The van der Waals surface area contributed by atoms with Gasteiger partial charge in [-0.05, 0) is 43.3 Å². The van der Waals surface area contributed by atoms with Crippen LogP contribution in [-0.4, -0.2) is 27.5 Å². The smallest absolute Gasteiger partial charge is 0.320 e. The maximum atomic E-state index is 11.7. The minimum Gasteiger partial charge on any atom is -0.456 e. The Balaban J connectivity index is 1.45. The van der Waals surface area contributed by atoms with E-state index in [1.54, 1.807) is 18.3 Å². The largest absolute Gasteiger partial charge is 0.456 e. The Bertz CT molecular complexity index is 1390. The minimum absolute atomic E-state index is 0.313. The third-order valence-corrected chi connectivity index (χ3v) is 4.63. The van der Waals surface area contributed by atoms with Crippen molar-refractivity contribution < 1.29 is 9.21 Å². The average molecular weight is 398 g/mol. The predicted molar refractivity (Wildman–Crippen MR) is 117 cm³/mol. The van der Waals surface area contributed by atoms with Gasteiger partial charge in [0.15, 0.2) is 11.5 Å². The van der Waals surface area contributed by atoms with Crippen LogP contribution in [0.2, 0.25) is 0 Å². The molecule has 3 N–H and O–H groups in total. The number of hydrogen-bond acceptors (Lipinski definition) is 6. The Kier molecular flexibility index (Phi) is 4.36. The molecule has 0 radical (unpaired) electrons. The molecule has 0 atom stereocenters. The Morgan fingerprint density at radius 2 is 1.80 bits per heavy atom. The summed E-state index contributed by atoms with van der Waals surface area (Å²) >= 11 is 0. The zero-order chi connectivity index (χ0) is 20.5. The van der Waals surface area contributed by atoms with Crippen molar-refractivity contribution in [1.29, 1.82) is 0 Å². The Labute approximate surface area is 171 Å². The lowest BCUT2D eigenvalue weighted by atomic mass is 10.1. The van der Waals surface area contributed by atoms with Gasteiger partial charge in [0.25, 0.3) is 0 Å². The molecule has 3 aromatic heterocycles. The number of pyridine rings is 1. The molecule has 0 unspecified atom stereocenters. The van der Waals surface area contributed by atoms with Gasteiger partial charge in [0.2, 0.25) is 0 Å². The van der Waals surface area contributed by atoms with Crippen LogP contribution in [0.15, 0.2) is 65.2 Å². The molecule has 0 bridgehead atoms. The molecule has 2 aromatic carbocycles. The van der Waals surface area contributed by atoms with Crippen molar-refractivity contribution in [3.05, 3.63) is 60.8 Å². The van der Waals surface area contributed by atoms with E-state index in [2.05, 4.69) is 30.9 Å². The number of fused-ring (bicyclic) bond motifs is 4. The molecule has 148 valence electrons. The number of amides is 2. The Morgan fingerprint density at radius 3 is 2.70 bits per heavy atom. The summed E-state index contributed by atoms with van der Waals surface area (Å²) in [6, 6.07) is 17.0. The molecule has 0 aliphatic heterocycles. The molecule has 2 amide bonds.